The lowest BCUT2D eigenvalue weighted by atomic mass is 10.2. The number of unbranched alkanes of at least 4 members (excludes halogenated alkanes) is 1. The normalized spacial score (nSPS) is 10.7. The number of likely N-dealkylation sites (N-methyl/N-ethyl adjacent to an activating group) is 1. The summed E-state index contributed by atoms with van der Waals surface area (Å²) in [4.78, 5) is 21.5. The average Bonchev–Trinajstić information content (AvgIpc) is 2.54. The summed E-state index contributed by atoms with van der Waals surface area (Å²) < 4.78 is 30.9. The number of hydrogen-bond donors (Lipinski definition) is 3. The summed E-state index contributed by atoms with van der Waals surface area (Å²) in [6.07, 6.45) is 1.05. The fourth-order valence-electron chi connectivity index (χ4n) is 1.73. The Morgan fingerprint density at radius 2 is 1.69 bits per heavy atom. The third kappa shape index (κ3) is 15.5. The number of urea groups is 1. The summed E-state index contributed by atoms with van der Waals surface area (Å²) in [5, 5.41) is 2.49. The molecule has 0 aromatic heterocycles. The Kier molecular flexibility index (Phi) is 14.1. The number of rotatable bonds is 8. The van der Waals surface area contributed by atoms with Crippen LogP contribution in [0.5, 0.6) is 0 Å². The van der Waals surface area contributed by atoms with Crippen molar-refractivity contribution in [1.82, 2.24) is 10.0 Å². The molecular formula is C18H33ClN4O5S. The van der Waals surface area contributed by atoms with Gasteiger partial charge in [0.1, 0.15) is 13.2 Å². The van der Waals surface area contributed by atoms with E-state index in [9.17, 15) is 18.0 Å². The van der Waals surface area contributed by atoms with Gasteiger partial charge in [-0.15, -0.1) is 0 Å². The molecule has 0 atom stereocenters. The standard InChI is InChI=1S/C12H18N2O3S.C6H14N2O2.ClH/c1-3-4-9-13-12(15)14-18(16,17)11-7-5-10(2)6-8-11;1-8(2,3)4-5-10-6(7)9;/h5-8H,3-4,9H2,1-2H3,(H2,13,14,15);4-5H2,1-3H3,(H-,7,9);1H. The first-order valence-corrected chi connectivity index (χ1v) is 10.5. The van der Waals surface area contributed by atoms with Crippen molar-refractivity contribution in [3.63, 3.8) is 0 Å². The van der Waals surface area contributed by atoms with Gasteiger partial charge in [-0.25, -0.2) is 22.7 Å². The molecule has 0 radical (unpaired) electrons. The molecule has 3 amide bonds. The molecule has 168 valence electrons. The molecule has 0 fully saturated rings. The highest BCUT2D eigenvalue weighted by molar-refractivity contribution is 7.90. The van der Waals surface area contributed by atoms with Gasteiger partial charge < -0.3 is 32.7 Å². The largest absolute Gasteiger partial charge is 1.00 e. The number of benzene rings is 1. The van der Waals surface area contributed by atoms with Gasteiger partial charge in [-0.1, -0.05) is 31.0 Å². The van der Waals surface area contributed by atoms with Crippen LogP contribution in [0.15, 0.2) is 29.2 Å². The number of ether oxygens (including phenoxy) is 1. The summed E-state index contributed by atoms with van der Waals surface area (Å²) in [6.45, 7) is 5.48. The monoisotopic (exact) mass is 452 g/mol. The Morgan fingerprint density at radius 3 is 2.14 bits per heavy atom. The summed E-state index contributed by atoms with van der Waals surface area (Å²) in [5.41, 5.74) is 5.71. The van der Waals surface area contributed by atoms with Crippen molar-refractivity contribution in [2.45, 2.75) is 31.6 Å². The summed E-state index contributed by atoms with van der Waals surface area (Å²) >= 11 is 0. The molecule has 0 aliphatic carbocycles. The van der Waals surface area contributed by atoms with Gasteiger partial charge in [0.05, 0.1) is 26.0 Å². The number of carbonyl (C=O) groups is 2. The second kappa shape index (κ2) is 14.0. The minimum Gasteiger partial charge on any atom is -1.00 e. The van der Waals surface area contributed by atoms with E-state index >= 15 is 0 Å². The fraction of sp³-hybridized carbons (Fsp3) is 0.556. The SMILES string of the molecule is CCCCNC(=O)NS(=O)(=O)c1ccc(C)cc1.C[N+](C)(C)CCOC(N)=O.[Cl-]. The first-order valence-electron chi connectivity index (χ1n) is 8.97. The number of nitrogens with two attached hydrogens (primary N) is 1. The van der Waals surface area contributed by atoms with Crippen molar-refractivity contribution in [3.8, 4) is 0 Å². The van der Waals surface area contributed by atoms with Gasteiger partial charge in [0, 0.05) is 6.54 Å². The molecular weight excluding hydrogens is 420 g/mol. The highest BCUT2D eigenvalue weighted by Gasteiger charge is 2.16. The summed E-state index contributed by atoms with van der Waals surface area (Å²) in [5.74, 6) is 0. The van der Waals surface area contributed by atoms with Crippen LogP contribution in [0.1, 0.15) is 25.3 Å². The molecule has 0 heterocycles. The van der Waals surface area contributed by atoms with Crippen molar-refractivity contribution in [2.75, 3.05) is 40.8 Å². The lowest BCUT2D eigenvalue weighted by Gasteiger charge is -2.22. The number of nitrogens with one attached hydrogen (secondary N) is 2. The van der Waals surface area contributed by atoms with Gasteiger partial charge in [-0.05, 0) is 25.5 Å². The van der Waals surface area contributed by atoms with E-state index in [1.54, 1.807) is 12.1 Å². The van der Waals surface area contributed by atoms with Crippen LogP contribution in [0, 0.1) is 6.92 Å². The van der Waals surface area contributed by atoms with Crippen LogP contribution in [0.4, 0.5) is 9.59 Å². The van der Waals surface area contributed by atoms with E-state index in [-0.39, 0.29) is 17.3 Å². The molecule has 0 aliphatic rings. The van der Waals surface area contributed by atoms with Crippen LogP contribution in [0.3, 0.4) is 0 Å². The van der Waals surface area contributed by atoms with E-state index in [4.69, 9.17) is 5.73 Å². The molecule has 29 heavy (non-hydrogen) atoms. The molecule has 1 aromatic carbocycles. The maximum absolute atomic E-state index is 11.8. The smallest absolute Gasteiger partial charge is 0.404 e. The van der Waals surface area contributed by atoms with Crippen LogP contribution in [-0.4, -0.2) is 65.9 Å². The minimum atomic E-state index is -3.78. The number of quaternary nitrogens is 1. The lowest BCUT2D eigenvalue weighted by Crippen LogP contribution is -3.00. The van der Waals surface area contributed by atoms with Crippen LogP contribution in [-0.2, 0) is 14.8 Å². The predicted octanol–water partition coefficient (Wildman–Crippen LogP) is -1.43. The Hall–Kier alpha value is -2.04. The molecule has 9 nitrogen and oxygen atoms in total. The molecule has 0 bridgehead atoms. The third-order valence-electron chi connectivity index (χ3n) is 3.38. The second-order valence-corrected chi connectivity index (χ2v) is 8.89. The molecule has 0 unspecified atom stereocenters. The molecule has 0 aliphatic heterocycles. The van der Waals surface area contributed by atoms with E-state index in [2.05, 4.69) is 10.1 Å². The number of aryl methyl sites for hydroxylation is 1. The van der Waals surface area contributed by atoms with Gasteiger partial charge in [-0.3, -0.25) is 0 Å². The third-order valence-corrected chi connectivity index (χ3v) is 4.73. The molecule has 1 rings (SSSR count). The van der Waals surface area contributed by atoms with E-state index in [1.165, 1.54) is 12.1 Å². The average molecular weight is 453 g/mol. The number of halogens is 1. The molecule has 0 saturated heterocycles. The van der Waals surface area contributed by atoms with Crippen molar-refractivity contribution < 1.29 is 39.6 Å². The fourth-order valence-corrected chi connectivity index (χ4v) is 2.66. The highest BCUT2D eigenvalue weighted by atomic mass is 35.5. The minimum absolute atomic E-state index is 0. The van der Waals surface area contributed by atoms with Crippen LogP contribution in [0.25, 0.3) is 0 Å². The van der Waals surface area contributed by atoms with Gasteiger partial charge in [0.15, 0.2) is 0 Å². The Bertz CT molecular complexity index is 719. The molecule has 0 spiro atoms. The summed E-state index contributed by atoms with van der Waals surface area (Å²) in [7, 11) is 2.28. The van der Waals surface area contributed by atoms with Crippen LogP contribution < -0.4 is 28.2 Å². The number of hydrogen-bond acceptors (Lipinski definition) is 5. The van der Waals surface area contributed by atoms with E-state index in [0.29, 0.717) is 13.2 Å². The number of sulfonamides is 1. The van der Waals surface area contributed by atoms with Crippen molar-refractivity contribution in [3.05, 3.63) is 29.8 Å². The number of primary amides is 1. The zero-order valence-corrected chi connectivity index (χ0v) is 19.3. The molecule has 0 saturated carbocycles. The summed E-state index contributed by atoms with van der Waals surface area (Å²) in [6, 6.07) is 5.62. The zero-order chi connectivity index (χ0) is 21.8. The molecule has 1 aromatic rings. The van der Waals surface area contributed by atoms with Crippen LogP contribution in [0.2, 0.25) is 0 Å². The van der Waals surface area contributed by atoms with Crippen molar-refractivity contribution in [1.29, 1.82) is 0 Å². The van der Waals surface area contributed by atoms with Crippen molar-refractivity contribution in [2.24, 2.45) is 5.73 Å². The topological polar surface area (TPSA) is 128 Å². The van der Waals surface area contributed by atoms with E-state index in [1.807, 2.05) is 39.7 Å². The Labute approximate surface area is 180 Å². The van der Waals surface area contributed by atoms with Gasteiger partial charge in [-0.2, -0.15) is 0 Å². The number of amides is 3. The Balaban J connectivity index is 0. The molecule has 4 N–H and O–H groups in total. The number of nitrogens with zero attached hydrogens (tertiary/aromatic N) is 1. The second-order valence-electron chi connectivity index (χ2n) is 7.21. The maximum atomic E-state index is 11.8. The van der Waals surface area contributed by atoms with Crippen molar-refractivity contribution >= 4 is 22.1 Å². The van der Waals surface area contributed by atoms with Gasteiger partial charge >= 0.3 is 12.1 Å². The first kappa shape index (κ1) is 29.2. The molecule has 11 heteroatoms. The van der Waals surface area contributed by atoms with Crippen LogP contribution >= 0.6 is 0 Å². The predicted molar refractivity (Wildman–Crippen MR) is 108 cm³/mol. The Morgan fingerprint density at radius 1 is 1.14 bits per heavy atom. The zero-order valence-electron chi connectivity index (χ0n) is 17.7. The van der Waals surface area contributed by atoms with Gasteiger partial charge in [0.25, 0.3) is 10.0 Å². The number of carbonyl (C=O) groups excluding carboxylic acids is 2. The first-order chi connectivity index (χ1) is 12.9. The van der Waals surface area contributed by atoms with E-state index < -0.39 is 22.1 Å². The maximum Gasteiger partial charge on any atom is 0.404 e. The van der Waals surface area contributed by atoms with E-state index in [0.717, 1.165) is 29.4 Å². The lowest BCUT2D eigenvalue weighted by molar-refractivity contribution is -0.870. The quantitative estimate of drug-likeness (QED) is 0.329. The highest BCUT2D eigenvalue weighted by Crippen LogP contribution is 2.09. The van der Waals surface area contributed by atoms with Gasteiger partial charge in [0.2, 0.25) is 0 Å².